The number of carbonyl (C=O) groups excluding carboxylic acids is 3. The van der Waals surface area contributed by atoms with Crippen LogP contribution >= 0.6 is 0 Å². The first-order valence-electron chi connectivity index (χ1n) is 23.5. The van der Waals surface area contributed by atoms with Gasteiger partial charge in [-0.05, 0) is 112 Å². The summed E-state index contributed by atoms with van der Waals surface area (Å²) >= 11 is 0. The average Bonchev–Trinajstić information content (AvgIpc) is 3.66. The Morgan fingerprint density at radius 1 is 0.910 bits per heavy atom. The molecule has 1 unspecified atom stereocenters. The molecule has 0 spiro atoms. The summed E-state index contributed by atoms with van der Waals surface area (Å²) in [5, 5.41) is 9.29. The zero-order valence-electron chi connectivity index (χ0n) is 38.9. The van der Waals surface area contributed by atoms with Crippen molar-refractivity contribution in [3.05, 3.63) is 117 Å². The molecule has 16 heteroatoms. The van der Waals surface area contributed by atoms with E-state index in [-0.39, 0.29) is 47.5 Å². The van der Waals surface area contributed by atoms with E-state index in [4.69, 9.17) is 0 Å². The Hall–Kier alpha value is -6.39. The van der Waals surface area contributed by atoms with Crippen LogP contribution in [0, 0.1) is 24.5 Å². The van der Waals surface area contributed by atoms with Crippen LogP contribution in [0.5, 0.6) is 0 Å². The Bertz CT molecular complexity index is 2790. The van der Waals surface area contributed by atoms with E-state index >= 15 is 8.78 Å². The number of nitrogens with one attached hydrogen (secondary N) is 3. The topological polar surface area (TPSA) is 140 Å². The number of aryl methyl sites for hydroxylation is 2. The average molecular weight is 915 g/mol. The van der Waals surface area contributed by atoms with Gasteiger partial charge >= 0.3 is 0 Å². The molecule has 352 valence electrons. The summed E-state index contributed by atoms with van der Waals surface area (Å²) in [7, 11) is 3.78. The molecule has 4 aliphatic rings. The first-order chi connectivity index (χ1) is 32.3. The van der Waals surface area contributed by atoms with Gasteiger partial charge in [0.2, 0.25) is 11.8 Å². The normalized spacial score (nSPS) is 20.5. The molecule has 7 heterocycles. The summed E-state index contributed by atoms with van der Waals surface area (Å²) in [6, 6.07) is 15.3. The van der Waals surface area contributed by atoms with Crippen molar-refractivity contribution in [3.8, 4) is 5.69 Å². The lowest BCUT2D eigenvalue weighted by atomic mass is 9.92. The molecule has 2 aromatic carbocycles. The van der Waals surface area contributed by atoms with Crippen LogP contribution in [0.2, 0.25) is 0 Å². The fourth-order valence-corrected chi connectivity index (χ4v) is 10.6. The van der Waals surface area contributed by atoms with Crippen LogP contribution in [-0.2, 0) is 16.6 Å². The van der Waals surface area contributed by atoms with E-state index in [9.17, 15) is 19.2 Å². The van der Waals surface area contributed by atoms with Gasteiger partial charge in [0.25, 0.3) is 11.5 Å². The van der Waals surface area contributed by atoms with Crippen LogP contribution in [0.25, 0.3) is 22.3 Å². The summed E-state index contributed by atoms with van der Waals surface area (Å²) in [4.78, 5) is 63.9. The van der Waals surface area contributed by atoms with Crippen LogP contribution in [-0.4, -0.2) is 118 Å². The minimum atomic E-state index is -0.576. The van der Waals surface area contributed by atoms with Gasteiger partial charge in [-0.1, -0.05) is 6.08 Å². The number of hydrogen-bond donors (Lipinski definition) is 3. The number of piperazine rings is 1. The van der Waals surface area contributed by atoms with Crippen molar-refractivity contribution in [3.63, 3.8) is 0 Å². The van der Waals surface area contributed by atoms with E-state index in [1.807, 2.05) is 37.1 Å². The van der Waals surface area contributed by atoms with Crippen LogP contribution in [0.1, 0.15) is 79.2 Å². The molecule has 3 aromatic heterocycles. The monoisotopic (exact) mass is 914 g/mol. The maximum absolute atomic E-state index is 16.1. The first-order valence-corrected chi connectivity index (χ1v) is 23.5. The lowest BCUT2D eigenvalue weighted by Gasteiger charge is -2.43. The zero-order chi connectivity index (χ0) is 47.1. The number of amides is 3. The number of halogens is 2. The number of pyridine rings is 2. The third-order valence-corrected chi connectivity index (χ3v) is 14.5. The third-order valence-electron chi connectivity index (χ3n) is 14.5. The fraction of sp³-hybridized carbons (Fsp3) is 0.431. The highest BCUT2D eigenvalue weighted by molar-refractivity contribution is 6.01. The highest BCUT2D eigenvalue weighted by Crippen LogP contribution is 2.35. The predicted octanol–water partition coefficient (Wildman–Crippen LogP) is 6.48. The Kier molecular flexibility index (Phi) is 13.0. The fourth-order valence-electron chi connectivity index (χ4n) is 10.6. The van der Waals surface area contributed by atoms with E-state index < -0.39 is 11.9 Å². The van der Waals surface area contributed by atoms with Gasteiger partial charge in [-0.25, -0.2) is 13.8 Å². The quantitative estimate of drug-likeness (QED) is 0.126. The predicted molar refractivity (Wildman–Crippen MR) is 258 cm³/mol. The van der Waals surface area contributed by atoms with E-state index in [2.05, 4.69) is 66.2 Å². The standard InChI is InChI=1S/C51H60F2N10O4/c1-31-24-36(25-41(53)48(31)35-13-19-59(20-14-35)33(3)45-28-39-43(10-16-55-49(39)58(45)5)63-21-15-37(54-4)27-47(63)65)51(67)60-17-11-34(12-18-60)30-61-22-23-62(29-32(61)2)44-8-6-38(26-40(44)52)56-42-7-9-46(64)57-50(42)66/h6,8,10,13,15-16,21,24-28,32-34,42,54,56H,7,9,11-12,14,17-20,22-23,29-30H2,1-5H3,(H,57,64,66)/t32-,33+,42?/m1/s1. The molecule has 67 heavy (non-hydrogen) atoms. The summed E-state index contributed by atoms with van der Waals surface area (Å²) < 4.78 is 35.2. The van der Waals surface area contributed by atoms with Crippen LogP contribution < -0.4 is 26.4 Å². The molecule has 0 aliphatic carbocycles. The van der Waals surface area contributed by atoms with Crippen molar-refractivity contribution in [2.24, 2.45) is 13.0 Å². The van der Waals surface area contributed by atoms with Crippen molar-refractivity contribution in [1.82, 2.24) is 34.1 Å². The summed E-state index contributed by atoms with van der Waals surface area (Å²) in [6.07, 6.45) is 8.61. The minimum Gasteiger partial charge on any atom is -0.388 e. The Balaban J connectivity index is 0.773. The molecule has 3 saturated heterocycles. The van der Waals surface area contributed by atoms with Crippen molar-refractivity contribution in [2.75, 3.05) is 74.9 Å². The molecule has 3 N–H and O–H groups in total. The van der Waals surface area contributed by atoms with Crippen LogP contribution in [0.15, 0.2) is 77.9 Å². The van der Waals surface area contributed by atoms with Crippen LogP contribution in [0.3, 0.4) is 0 Å². The molecular weight excluding hydrogens is 855 g/mol. The maximum Gasteiger partial charge on any atom is 0.257 e. The summed E-state index contributed by atoms with van der Waals surface area (Å²) in [5.74, 6) is -1.14. The Morgan fingerprint density at radius 2 is 1.72 bits per heavy atom. The van der Waals surface area contributed by atoms with E-state index in [0.29, 0.717) is 74.0 Å². The number of carbonyl (C=O) groups is 3. The van der Waals surface area contributed by atoms with Gasteiger partial charge in [-0.3, -0.25) is 38.9 Å². The molecule has 9 rings (SSSR count). The van der Waals surface area contributed by atoms with E-state index in [1.54, 1.807) is 42.2 Å². The second kappa shape index (κ2) is 19.1. The van der Waals surface area contributed by atoms with Gasteiger partial charge in [-0.15, -0.1) is 0 Å². The number of fused-ring (bicyclic) bond motifs is 1. The van der Waals surface area contributed by atoms with E-state index in [0.717, 1.165) is 71.7 Å². The van der Waals surface area contributed by atoms with Gasteiger partial charge < -0.3 is 25.0 Å². The lowest BCUT2D eigenvalue weighted by Crippen LogP contribution is -2.54. The third kappa shape index (κ3) is 9.33. The molecule has 0 bridgehead atoms. The number of nitrogens with zero attached hydrogens (tertiary/aromatic N) is 7. The van der Waals surface area contributed by atoms with Crippen molar-refractivity contribution in [1.29, 1.82) is 0 Å². The number of piperidine rings is 2. The lowest BCUT2D eigenvalue weighted by molar-refractivity contribution is -0.133. The van der Waals surface area contributed by atoms with Gasteiger partial charge in [0, 0.05) is 137 Å². The number of likely N-dealkylation sites (tertiary alicyclic amines) is 1. The molecule has 0 saturated carbocycles. The van der Waals surface area contributed by atoms with Gasteiger partial charge in [-0.2, -0.15) is 0 Å². The zero-order valence-corrected chi connectivity index (χ0v) is 38.9. The minimum absolute atomic E-state index is 0.0251. The largest absolute Gasteiger partial charge is 0.388 e. The number of anilines is 3. The van der Waals surface area contributed by atoms with Gasteiger partial charge in [0.15, 0.2) is 0 Å². The maximum atomic E-state index is 16.1. The van der Waals surface area contributed by atoms with E-state index in [1.165, 1.54) is 12.1 Å². The molecule has 3 amide bonds. The SMILES string of the molecule is CNc1ccn(-c2ccnc3c2cc([C@H](C)N2CC=C(c4c(C)cc(C(=O)N5CCC(CN6CCN(c7ccc(NC8CCC(=O)NC8=O)cc7F)C[C@H]6C)CC5)cc4F)CC2)n3C)c(=O)c1. The second-order valence-electron chi connectivity index (χ2n) is 18.7. The number of hydrogen-bond acceptors (Lipinski definition) is 10. The second-order valence-corrected chi connectivity index (χ2v) is 18.7. The first kappa shape index (κ1) is 45.8. The Labute approximate surface area is 389 Å². The van der Waals surface area contributed by atoms with Gasteiger partial charge in [0.1, 0.15) is 23.3 Å². The van der Waals surface area contributed by atoms with Crippen molar-refractivity contribution >= 4 is 51.4 Å². The molecule has 14 nitrogen and oxygen atoms in total. The van der Waals surface area contributed by atoms with Gasteiger partial charge in [0.05, 0.1) is 11.4 Å². The molecule has 3 atom stereocenters. The highest BCUT2D eigenvalue weighted by Gasteiger charge is 2.32. The van der Waals surface area contributed by atoms with Crippen molar-refractivity contribution < 1.29 is 23.2 Å². The Morgan fingerprint density at radius 3 is 2.40 bits per heavy atom. The number of rotatable bonds is 11. The number of benzene rings is 2. The highest BCUT2D eigenvalue weighted by atomic mass is 19.1. The summed E-state index contributed by atoms with van der Waals surface area (Å²) in [5.41, 5.74) is 6.93. The van der Waals surface area contributed by atoms with Crippen molar-refractivity contribution in [2.45, 2.75) is 71.0 Å². The smallest absolute Gasteiger partial charge is 0.257 e. The molecular formula is C51H60F2N10O4. The molecule has 0 radical (unpaired) electrons. The number of aromatic nitrogens is 3. The molecule has 5 aromatic rings. The molecule has 3 fully saturated rings. The number of imide groups is 1. The van der Waals surface area contributed by atoms with Crippen LogP contribution in [0.4, 0.5) is 25.8 Å². The summed E-state index contributed by atoms with van der Waals surface area (Å²) in [6.45, 7) is 11.8. The molecule has 4 aliphatic heterocycles.